The van der Waals surface area contributed by atoms with Crippen LogP contribution in [0.15, 0.2) is 28.2 Å². The minimum atomic E-state index is -4.63. The number of rotatable bonds is 6. The molecular weight excluding hydrogens is 559 g/mol. The van der Waals surface area contributed by atoms with E-state index in [1.54, 1.807) is 0 Å². The Kier molecular flexibility index (Phi) is 9.06. The van der Waals surface area contributed by atoms with Crippen LogP contribution in [0.1, 0.15) is 41.6 Å². The Morgan fingerprint density at radius 3 is 2.29 bits per heavy atom. The molecule has 1 amide bonds. The van der Waals surface area contributed by atoms with E-state index in [2.05, 4.69) is 15.3 Å². The summed E-state index contributed by atoms with van der Waals surface area (Å²) in [5, 5.41) is 1.62. The number of hydrogen-bond acceptors (Lipinski definition) is 5. The van der Waals surface area contributed by atoms with Crippen LogP contribution in [-0.2, 0) is 16.2 Å². The largest absolute Gasteiger partial charge is 0.416 e. The molecule has 1 aromatic rings. The van der Waals surface area contributed by atoms with Gasteiger partial charge in [-0.1, -0.05) is 11.6 Å². The number of benzene rings is 1. The zero-order valence-corrected chi connectivity index (χ0v) is 22.0. The molecule has 0 radical (unpaired) electrons. The second kappa shape index (κ2) is 11.4. The fourth-order valence-electron chi connectivity index (χ4n) is 4.62. The maximum Gasteiger partial charge on any atom is 0.416 e. The molecular formula is C22H28ClF5N6O3S. The van der Waals surface area contributed by atoms with E-state index in [4.69, 9.17) is 17.3 Å². The van der Waals surface area contributed by atoms with Crippen molar-refractivity contribution < 1.29 is 35.2 Å². The zero-order valence-electron chi connectivity index (χ0n) is 20.4. The van der Waals surface area contributed by atoms with Crippen LogP contribution in [0.3, 0.4) is 0 Å². The second-order valence-corrected chi connectivity index (χ2v) is 11.5. The third-order valence-corrected chi connectivity index (χ3v) is 8.84. The number of nitrogens with two attached hydrogens (primary N) is 1. The standard InChI is InChI=1S/C22H28ClF5N6O3S/c1-30-14-32-19(29)38(36,37)34-10-8-33(9-11-34)20(4-6-21(24,25)7-5-20)13-31-18(35)16-3-2-15(12-17(16)23)22(26,27)28/h2-3,12,14H,4-11,13H2,1H3,(H,31,35)(H2,29,30,32). The minimum absolute atomic E-state index is 0.0125. The molecule has 9 nitrogen and oxygen atoms in total. The molecule has 1 aromatic carbocycles. The van der Waals surface area contributed by atoms with Gasteiger partial charge in [-0.05, 0) is 31.0 Å². The molecule has 1 heterocycles. The van der Waals surface area contributed by atoms with Gasteiger partial charge in [0, 0.05) is 58.2 Å². The van der Waals surface area contributed by atoms with Crippen LogP contribution in [0.25, 0.3) is 0 Å². The molecule has 3 N–H and O–H groups in total. The Labute approximate surface area is 222 Å². The summed E-state index contributed by atoms with van der Waals surface area (Å²) < 4.78 is 93.3. The van der Waals surface area contributed by atoms with Crippen LogP contribution in [0, 0.1) is 0 Å². The van der Waals surface area contributed by atoms with Gasteiger partial charge in [0.05, 0.1) is 16.1 Å². The molecule has 0 unspecified atom stereocenters. The van der Waals surface area contributed by atoms with E-state index in [0.29, 0.717) is 6.07 Å². The fraction of sp³-hybridized carbons (Fsp3) is 0.591. The maximum atomic E-state index is 14.0. The predicted octanol–water partition coefficient (Wildman–Crippen LogP) is 2.96. The summed E-state index contributed by atoms with van der Waals surface area (Å²) in [5.41, 5.74) is 3.49. The molecule has 38 heavy (non-hydrogen) atoms. The summed E-state index contributed by atoms with van der Waals surface area (Å²) in [6.45, 7) is 0.299. The zero-order chi connectivity index (χ0) is 28.4. The summed E-state index contributed by atoms with van der Waals surface area (Å²) in [6.07, 6.45) is -4.46. The van der Waals surface area contributed by atoms with Crippen LogP contribution < -0.4 is 11.1 Å². The Morgan fingerprint density at radius 1 is 1.16 bits per heavy atom. The van der Waals surface area contributed by atoms with Crippen molar-refractivity contribution >= 4 is 39.0 Å². The molecule has 1 saturated heterocycles. The Hall–Kier alpha value is -2.36. The van der Waals surface area contributed by atoms with Gasteiger partial charge in [-0.2, -0.15) is 17.5 Å². The molecule has 1 aliphatic carbocycles. The van der Waals surface area contributed by atoms with Gasteiger partial charge in [0.1, 0.15) is 6.34 Å². The van der Waals surface area contributed by atoms with Gasteiger partial charge in [0.15, 0.2) is 0 Å². The summed E-state index contributed by atoms with van der Waals surface area (Å²) in [5.74, 6) is -3.62. The van der Waals surface area contributed by atoms with Crippen LogP contribution >= 0.6 is 11.6 Å². The summed E-state index contributed by atoms with van der Waals surface area (Å²) in [4.78, 5) is 21.8. The maximum absolute atomic E-state index is 14.0. The second-order valence-electron chi connectivity index (χ2n) is 9.19. The van der Waals surface area contributed by atoms with E-state index in [-0.39, 0.29) is 51.1 Å². The lowest BCUT2D eigenvalue weighted by molar-refractivity contribution is -0.137. The molecule has 2 fully saturated rings. The van der Waals surface area contributed by atoms with Crippen molar-refractivity contribution in [1.82, 2.24) is 14.5 Å². The van der Waals surface area contributed by atoms with Gasteiger partial charge in [-0.3, -0.25) is 14.7 Å². The first-order chi connectivity index (χ1) is 17.6. The van der Waals surface area contributed by atoms with Crippen LogP contribution in [-0.4, -0.2) is 86.3 Å². The van der Waals surface area contributed by atoms with Crippen LogP contribution in [0.5, 0.6) is 0 Å². The molecule has 212 valence electrons. The number of halogens is 6. The van der Waals surface area contributed by atoms with Crippen LogP contribution in [0.2, 0.25) is 5.02 Å². The molecule has 3 rings (SSSR count). The lowest BCUT2D eigenvalue weighted by atomic mass is 9.78. The van der Waals surface area contributed by atoms with Crippen molar-refractivity contribution in [2.45, 2.75) is 43.3 Å². The monoisotopic (exact) mass is 586 g/mol. The number of alkyl halides is 5. The first kappa shape index (κ1) is 30.2. The number of carbonyl (C=O) groups excluding carboxylic acids is 1. The average molecular weight is 587 g/mol. The number of sulfonamides is 1. The Bertz CT molecular complexity index is 1190. The quantitative estimate of drug-likeness (QED) is 0.302. The van der Waals surface area contributed by atoms with Crippen molar-refractivity contribution in [2.24, 2.45) is 15.7 Å². The van der Waals surface area contributed by atoms with Crippen molar-refractivity contribution in [3.05, 3.63) is 34.3 Å². The average Bonchev–Trinajstić information content (AvgIpc) is 2.86. The van der Waals surface area contributed by atoms with E-state index in [9.17, 15) is 35.2 Å². The highest BCUT2D eigenvalue weighted by atomic mass is 35.5. The smallest absolute Gasteiger partial charge is 0.373 e. The van der Waals surface area contributed by atoms with E-state index in [1.165, 1.54) is 7.05 Å². The van der Waals surface area contributed by atoms with Gasteiger partial charge in [-0.15, -0.1) is 0 Å². The first-order valence-electron chi connectivity index (χ1n) is 11.6. The number of amides is 1. The van der Waals surface area contributed by atoms with E-state index >= 15 is 0 Å². The Balaban J connectivity index is 1.75. The number of aliphatic imine (C=N–C) groups is 2. The third-order valence-electron chi connectivity index (χ3n) is 6.85. The number of amidine groups is 1. The molecule has 1 aliphatic heterocycles. The highest BCUT2D eigenvalue weighted by Crippen LogP contribution is 2.42. The normalized spacial score (nSPS) is 21.5. The summed E-state index contributed by atoms with van der Waals surface area (Å²) in [6, 6.07) is 2.34. The number of carbonyl (C=O) groups is 1. The van der Waals surface area contributed by atoms with Gasteiger partial charge in [0.2, 0.25) is 11.1 Å². The molecule has 2 aliphatic rings. The first-order valence-corrected chi connectivity index (χ1v) is 13.4. The highest BCUT2D eigenvalue weighted by Gasteiger charge is 2.48. The molecule has 0 atom stereocenters. The van der Waals surface area contributed by atoms with E-state index in [0.717, 1.165) is 22.8 Å². The lowest BCUT2D eigenvalue weighted by Gasteiger charge is -2.50. The molecule has 0 bridgehead atoms. The topological polar surface area (TPSA) is 120 Å². The summed E-state index contributed by atoms with van der Waals surface area (Å²) >= 11 is 5.93. The van der Waals surface area contributed by atoms with Crippen molar-refractivity contribution in [2.75, 3.05) is 39.8 Å². The van der Waals surface area contributed by atoms with Gasteiger partial charge in [0.25, 0.3) is 15.9 Å². The fourth-order valence-corrected chi connectivity index (χ4v) is 5.97. The van der Waals surface area contributed by atoms with Crippen molar-refractivity contribution in [3.63, 3.8) is 0 Å². The summed E-state index contributed by atoms with van der Waals surface area (Å²) in [7, 11) is -2.65. The number of nitrogens with zero attached hydrogens (tertiary/aromatic N) is 4. The van der Waals surface area contributed by atoms with Gasteiger partial charge in [-0.25, -0.2) is 22.2 Å². The van der Waals surface area contributed by atoms with Gasteiger partial charge < -0.3 is 11.1 Å². The van der Waals surface area contributed by atoms with Gasteiger partial charge >= 0.3 is 6.18 Å². The minimum Gasteiger partial charge on any atom is -0.373 e. The SMILES string of the molecule is CN=CN=C(N)S(=O)(=O)N1CCN(C2(CNC(=O)c3ccc(C(F)(F)F)cc3Cl)CCC(F)(F)CC2)CC1. The van der Waals surface area contributed by atoms with E-state index in [1.807, 2.05) is 4.90 Å². The van der Waals surface area contributed by atoms with Crippen molar-refractivity contribution in [3.8, 4) is 0 Å². The third kappa shape index (κ3) is 6.79. The molecule has 1 saturated carbocycles. The molecule has 16 heteroatoms. The molecule has 0 spiro atoms. The van der Waals surface area contributed by atoms with Crippen molar-refractivity contribution in [1.29, 1.82) is 0 Å². The Morgan fingerprint density at radius 2 is 1.76 bits per heavy atom. The number of hydrogen-bond donors (Lipinski definition) is 2. The van der Waals surface area contributed by atoms with Crippen LogP contribution in [0.4, 0.5) is 22.0 Å². The number of piperazine rings is 1. The molecule has 0 aromatic heterocycles. The van der Waals surface area contributed by atoms with E-state index < -0.39 is 62.2 Å². The number of nitrogens with one attached hydrogen (secondary N) is 1. The lowest BCUT2D eigenvalue weighted by Crippen LogP contribution is -2.64. The highest BCUT2D eigenvalue weighted by molar-refractivity contribution is 8.04. The predicted molar refractivity (Wildman–Crippen MR) is 133 cm³/mol.